The number of fused-ring (bicyclic) bond motifs is 1. The monoisotopic (exact) mass is 374 g/mol. The van der Waals surface area contributed by atoms with Crippen LogP contribution in [0.25, 0.3) is 10.9 Å². The Morgan fingerprint density at radius 3 is 2.79 bits per heavy atom. The molecule has 0 bridgehead atoms. The summed E-state index contributed by atoms with van der Waals surface area (Å²) in [5, 5.41) is 4.01. The Kier molecular flexibility index (Phi) is 5.26. The summed E-state index contributed by atoms with van der Waals surface area (Å²) in [5.74, 6) is 0.685. The Hall–Kier alpha value is -3.31. The molecule has 2 N–H and O–H groups in total. The minimum absolute atomic E-state index is 0.117. The van der Waals surface area contributed by atoms with E-state index in [0.29, 0.717) is 25.5 Å². The molecule has 142 valence electrons. The normalized spacial score (nSPS) is 11.0. The van der Waals surface area contributed by atoms with Gasteiger partial charge in [0, 0.05) is 17.4 Å². The third kappa shape index (κ3) is 4.32. The van der Waals surface area contributed by atoms with E-state index in [1.54, 1.807) is 6.26 Å². The number of H-pyrrole nitrogens is 1. The number of benzene rings is 2. The van der Waals surface area contributed by atoms with Crippen LogP contribution in [-0.2, 0) is 24.5 Å². The predicted molar refractivity (Wildman–Crippen MR) is 108 cm³/mol. The van der Waals surface area contributed by atoms with Crippen molar-refractivity contribution in [2.24, 2.45) is 0 Å². The van der Waals surface area contributed by atoms with Gasteiger partial charge in [-0.25, -0.2) is 0 Å². The number of aromatic nitrogens is 1. The van der Waals surface area contributed by atoms with Crippen molar-refractivity contribution in [1.82, 2.24) is 10.3 Å². The van der Waals surface area contributed by atoms with Gasteiger partial charge in [0.2, 0.25) is 0 Å². The minimum atomic E-state index is -0.117. The zero-order chi connectivity index (χ0) is 19.3. The lowest BCUT2D eigenvalue weighted by atomic mass is 10.1. The van der Waals surface area contributed by atoms with Crippen LogP contribution in [0.5, 0.6) is 0 Å². The second kappa shape index (κ2) is 8.15. The number of nitrogens with one attached hydrogen (secondary N) is 2. The Morgan fingerprint density at radius 1 is 1.04 bits per heavy atom. The molecule has 0 unspecified atom stereocenters. The molecule has 4 rings (SSSR count). The van der Waals surface area contributed by atoms with Gasteiger partial charge in [0.15, 0.2) is 0 Å². The van der Waals surface area contributed by atoms with Crippen LogP contribution in [0.3, 0.4) is 0 Å². The maximum Gasteiger partial charge on any atom is 0.267 e. The van der Waals surface area contributed by atoms with E-state index in [1.165, 1.54) is 5.56 Å². The fourth-order valence-electron chi connectivity index (χ4n) is 3.15. The summed E-state index contributed by atoms with van der Waals surface area (Å²) in [7, 11) is 0. The Labute approximate surface area is 163 Å². The van der Waals surface area contributed by atoms with Crippen LogP contribution in [0.1, 0.15) is 32.9 Å². The molecule has 4 aromatic rings. The van der Waals surface area contributed by atoms with Crippen molar-refractivity contribution in [2.45, 2.75) is 26.7 Å². The first-order chi connectivity index (χ1) is 13.7. The highest BCUT2D eigenvalue weighted by molar-refractivity contribution is 5.98. The summed E-state index contributed by atoms with van der Waals surface area (Å²) < 4.78 is 10.9. The molecule has 2 aromatic carbocycles. The van der Waals surface area contributed by atoms with Crippen LogP contribution in [0, 0.1) is 6.92 Å². The van der Waals surface area contributed by atoms with Gasteiger partial charge in [-0.3, -0.25) is 4.79 Å². The van der Waals surface area contributed by atoms with Crippen LogP contribution in [-0.4, -0.2) is 10.9 Å². The van der Waals surface area contributed by atoms with Gasteiger partial charge in [-0.15, -0.1) is 0 Å². The Morgan fingerprint density at radius 2 is 1.93 bits per heavy atom. The first kappa shape index (κ1) is 18.1. The molecule has 0 radical (unpaired) electrons. The Balaban J connectivity index is 1.34. The fraction of sp³-hybridized carbons (Fsp3) is 0.174. The Bertz CT molecular complexity index is 1080. The molecule has 0 aliphatic rings. The number of ether oxygens (including phenoxy) is 1. The van der Waals surface area contributed by atoms with Gasteiger partial charge in [-0.2, -0.15) is 0 Å². The van der Waals surface area contributed by atoms with Gasteiger partial charge in [0.25, 0.3) is 5.91 Å². The van der Waals surface area contributed by atoms with Gasteiger partial charge in [-0.05, 0) is 48.4 Å². The molecule has 0 spiro atoms. The van der Waals surface area contributed by atoms with E-state index >= 15 is 0 Å². The van der Waals surface area contributed by atoms with Crippen molar-refractivity contribution < 1.29 is 13.9 Å². The van der Waals surface area contributed by atoms with E-state index < -0.39 is 0 Å². The van der Waals surface area contributed by atoms with Crippen molar-refractivity contribution in [3.8, 4) is 0 Å². The topological polar surface area (TPSA) is 67.3 Å². The quantitative estimate of drug-likeness (QED) is 0.492. The van der Waals surface area contributed by atoms with Gasteiger partial charge < -0.3 is 19.5 Å². The van der Waals surface area contributed by atoms with E-state index in [2.05, 4.69) is 16.4 Å². The molecule has 2 aromatic heterocycles. The highest BCUT2D eigenvalue weighted by Gasteiger charge is 2.09. The van der Waals surface area contributed by atoms with Crippen molar-refractivity contribution in [1.29, 1.82) is 0 Å². The molecule has 5 nitrogen and oxygen atoms in total. The summed E-state index contributed by atoms with van der Waals surface area (Å²) in [6, 6.07) is 19.7. The number of carbonyl (C=O) groups is 1. The number of hydrogen-bond donors (Lipinski definition) is 2. The number of amides is 1. The molecular formula is C23H22N2O3. The average molecular weight is 374 g/mol. The van der Waals surface area contributed by atoms with Crippen molar-refractivity contribution in [2.75, 3.05) is 0 Å². The third-order valence-electron chi connectivity index (χ3n) is 4.56. The van der Waals surface area contributed by atoms with Gasteiger partial charge >= 0.3 is 0 Å². The van der Waals surface area contributed by atoms with Gasteiger partial charge in [-0.1, -0.05) is 35.9 Å². The van der Waals surface area contributed by atoms with Crippen LogP contribution in [0.15, 0.2) is 71.3 Å². The molecule has 0 aliphatic carbocycles. The zero-order valence-corrected chi connectivity index (χ0v) is 15.7. The lowest BCUT2D eigenvalue weighted by molar-refractivity contribution is 0.0928. The summed E-state index contributed by atoms with van der Waals surface area (Å²) in [5.41, 5.74) is 4.79. The first-order valence-corrected chi connectivity index (χ1v) is 9.23. The van der Waals surface area contributed by atoms with Crippen LogP contribution >= 0.6 is 0 Å². The highest BCUT2D eigenvalue weighted by Crippen LogP contribution is 2.17. The molecule has 28 heavy (non-hydrogen) atoms. The van der Waals surface area contributed by atoms with Crippen LogP contribution < -0.4 is 5.32 Å². The molecular weight excluding hydrogens is 352 g/mol. The molecule has 0 saturated carbocycles. The molecule has 1 amide bonds. The summed E-state index contributed by atoms with van der Waals surface area (Å²) in [6.45, 7) is 3.43. The number of carbonyl (C=O) groups excluding carboxylic acids is 1. The van der Waals surface area contributed by atoms with Crippen molar-refractivity contribution in [3.63, 3.8) is 0 Å². The SMILES string of the molecule is Cc1ccc2[nH]c(C(=O)NCc3cccc(COCc4ccco4)c3)cc2c1. The summed E-state index contributed by atoms with van der Waals surface area (Å²) in [4.78, 5) is 15.7. The zero-order valence-electron chi connectivity index (χ0n) is 15.7. The lowest BCUT2D eigenvalue weighted by Gasteiger charge is -2.07. The number of rotatable bonds is 7. The number of aromatic amines is 1. The second-order valence-corrected chi connectivity index (χ2v) is 6.85. The largest absolute Gasteiger partial charge is 0.467 e. The average Bonchev–Trinajstić information content (AvgIpc) is 3.36. The van der Waals surface area contributed by atoms with E-state index in [-0.39, 0.29) is 5.91 Å². The second-order valence-electron chi connectivity index (χ2n) is 6.85. The molecule has 0 atom stereocenters. The van der Waals surface area contributed by atoms with Gasteiger partial charge in [0.05, 0.1) is 12.9 Å². The lowest BCUT2D eigenvalue weighted by Crippen LogP contribution is -2.23. The molecule has 5 heteroatoms. The molecule has 0 aliphatic heterocycles. The molecule has 0 saturated heterocycles. The number of furan rings is 1. The number of hydrogen-bond acceptors (Lipinski definition) is 3. The van der Waals surface area contributed by atoms with Gasteiger partial charge in [0.1, 0.15) is 18.1 Å². The smallest absolute Gasteiger partial charge is 0.267 e. The molecule has 0 fully saturated rings. The first-order valence-electron chi connectivity index (χ1n) is 9.23. The van der Waals surface area contributed by atoms with Crippen molar-refractivity contribution in [3.05, 3.63) is 95.1 Å². The van der Waals surface area contributed by atoms with E-state index in [0.717, 1.165) is 27.8 Å². The summed E-state index contributed by atoms with van der Waals surface area (Å²) >= 11 is 0. The molecule has 2 heterocycles. The fourth-order valence-corrected chi connectivity index (χ4v) is 3.15. The standard InChI is InChI=1S/C23H22N2O3/c1-16-7-8-21-19(10-16)12-22(25-21)23(26)24-13-17-4-2-5-18(11-17)14-27-15-20-6-3-9-28-20/h2-12,25H,13-15H2,1H3,(H,24,26). The van der Waals surface area contributed by atoms with E-state index in [1.807, 2.05) is 61.5 Å². The van der Waals surface area contributed by atoms with Crippen LogP contribution in [0.4, 0.5) is 0 Å². The minimum Gasteiger partial charge on any atom is -0.467 e. The van der Waals surface area contributed by atoms with Crippen LogP contribution in [0.2, 0.25) is 0 Å². The third-order valence-corrected chi connectivity index (χ3v) is 4.56. The predicted octanol–water partition coefficient (Wildman–Crippen LogP) is 4.72. The maximum absolute atomic E-state index is 12.5. The highest BCUT2D eigenvalue weighted by atomic mass is 16.5. The van der Waals surface area contributed by atoms with E-state index in [4.69, 9.17) is 9.15 Å². The summed E-state index contributed by atoms with van der Waals surface area (Å²) in [6.07, 6.45) is 1.64. The maximum atomic E-state index is 12.5. The van der Waals surface area contributed by atoms with Crippen molar-refractivity contribution >= 4 is 16.8 Å². The number of aryl methyl sites for hydroxylation is 1. The van der Waals surface area contributed by atoms with E-state index in [9.17, 15) is 4.79 Å².